The third kappa shape index (κ3) is 2.23. The Morgan fingerprint density at radius 3 is 2.21 bits per heavy atom. The van der Waals surface area contributed by atoms with Crippen molar-refractivity contribution in [3.05, 3.63) is 34.9 Å². The van der Waals surface area contributed by atoms with E-state index in [0.29, 0.717) is 0 Å². The molecule has 0 saturated carbocycles. The Morgan fingerprint density at radius 1 is 1.00 bits per heavy atom. The SMILES string of the molecule is CCN1C(=O)C(=O)N(Cc2cc(C)ccc2C)C1=O. The van der Waals surface area contributed by atoms with Crippen molar-refractivity contribution in [1.82, 2.24) is 9.80 Å². The van der Waals surface area contributed by atoms with Gasteiger partial charge in [-0.25, -0.2) is 4.79 Å². The van der Waals surface area contributed by atoms with Gasteiger partial charge in [0.05, 0.1) is 6.54 Å². The molecular formula is C14H16N2O3. The molecule has 0 aliphatic carbocycles. The van der Waals surface area contributed by atoms with Gasteiger partial charge in [0.1, 0.15) is 0 Å². The summed E-state index contributed by atoms with van der Waals surface area (Å²) >= 11 is 0. The molecule has 2 rings (SSSR count). The minimum Gasteiger partial charge on any atom is -0.263 e. The molecule has 100 valence electrons. The molecule has 1 aromatic carbocycles. The molecule has 0 unspecified atom stereocenters. The summed E-state index contributed by atoms with van der Waals surface area (Å²) in [7, 11) is 0. The molecule has 0 aromatic heterocycles. The summed E-state index contributed by atoms with van der Waals surface area (Å²) in [6, 6.07) is 5.30. The van der Waals surface area contributed by atoms with Gasteiger partial charge < -0.3 is 0 Å². The average Bonchev–Trinajstić information content (AvgIpc) is 2.57. The van der Waals surface area contributed by atoms with Gasteiger partial charge in [0, 0.05) is 6.54 Å². The van der Waals surface area contributed by atoms with Crippen LogP contribution in [0.25, 0.3) is 0 Å². The maximum atomic E-state index is 12.0. The number of imide groups is 2. The Bertz CT molecular complexity index is 566. The zero-order chi connectivity index (χ0) is 14.2. The van der Waals surface area contributed by atoms with Crippen LogP contribution < -0.4 is 0 Å². The van der Waals surface area contributed by atoms with E-state index < -0.39 is 17.8 Å². The van der Waals surface area contributed by atoms with Gasteiger partial charge in [-0.2, -0.15) is 0 Å². The second-order valence-corrected chi connectivity index (χ2v) is 4.65. The van der Waals surface area contributed by atoms with E-state index in [2.05, 4.69) is 0 Å². The number of nitrogens with zero attached hydrogens (tertiary/aromatic N) is 2. The zero-order valence-electron chi connectivity index (χ0n) is 11.3. The highest BCUT2D eigenvalue weighted by Gasteiger charge is 2.43. The summed E-state index contributed by atoms with van der Waals surface area (Å²) in [4.78, 5) is 37.4. The lowest BCUT2D eigenvalue weighted by Crippen LogP contribution is -2.33. The number of amides is 4. The molecule has 0 atom stereocenters. The number of aryl methyl sites for hydroxylation is 2. The smallest absolute Gasteiger partial charge is 0.263 e. The molecule has 1 heterocycles. The van der Waals surface area contributed by atoms with Gasteiger partial charge in [-0.3, -0.25) is 19.4 Å². The number of likely N-dealkylation sites (N-methyl/N-ethyl adjacent to an activating group) is 1. The van der Waals surface area contributed by atoms with Crippen molar-refractivity contribution < 1.29 is 14.4 Å². The lowest BCUT2D eigenvalue weighted by atomic mass is 10.1. The Hall–Kier alpha value is -2.17. The summed E-state index contributed by atoms with van der Waals surface area (Å²) in [6.07, 6.45) is 0. The van der Waals surface area contributed by atoms with Crippen LogP contribution in [0.5, 0.6) is 0 Å². The molecule has 0 radical (unpaired) electrons. The van der Waals surface area contributed by atoms with Gasteiger partial charge in [0.25, 0.3) is 0 Å². The minimum atomic E-state index is -0.743. The van der Waals surface area contributed by atoms with Crippen LogP contribution in [-0.2, 0) is 16.1 Å². The second kappa shape index (κ2) is 4.84. The highest BCUT2D eigenvalue weighted by Crippen LogP contribution is 2.18. The molecule has 0 N–H and O–H groups in total. The third-order valence-electron chi connectivity index (χ3n) is 3.28. The van der Waals surface area contributed by atoms with E-state index in [1.54, 1.807) is 6.92 Å². The maximum absolute atomic E-state index is 12.0. The van der Waals surface area contributed by atoms with E-state index in [-0.39, 0.29) is 13.1 Å². The van der Waals surface area contributed by atoms with E-state index in [1.165, 1.54) is 0 Å². The Morgan fingerprint density at radius 2 is 1.63 bits per heavy atom. The fourth-order valence-corrected chi connectivity index (χ4v) is 2.11. The van der Waals surface area contributed by atoms with Gasteiger partial charge >= 0.3 is 17.8 Å². The summed E-state index contributed by atoms with van der Waals surface area (Å²) in [5.41, 5.74) is 2.93. The number of hydrogen-bond acceptors (Lipinski definition) is 3. The van der Waals surface area contributed by atoms with E-state index >= 15 is 0 Å². The lowest BCUT2D eigenvalue weighted by molar-refractivity contribution is -0.143. The lowest BCUT2D eigenvalue weighted by Gasteiger charge is -2.16. The van der Waals surface area contributed by atoms with Gasteiger partial charge in [-0.15, -0.1) is 0 Å². The summed E-state index contributed by atoms with van der Waals surface area (Å²) in [5, 5.41) is 0. The molecule has 1 saturated heterocycles. The predicted octanol–water partition coefficient (Wildman–Crippen LogP) is 1.61. The van der Waals surface area contributed by atoms with Crippen LogP contribution in [0.15, 0.2) is 18.2 Å². The van der Waals surface area contributed by atoms with Gasteiger partial charge in [0.2, 0.25) is 0 Å². The van der Waals surface area contributed by atoms with Crippen molar-refractivity contribution >= 4 is 17.8 Å². The first-order valence-corrected chi connectivity index (χ1v) is 6.19. The van der Waals surface area contributed by atoms with Crippen LogP contribution in [-0.4, -0.2) is 34.2 Å². The molecule has 5 nitrogen and oxygen atoms in total. The number of carbonyl (C=O) groups is 3. The molecule has 0 bridgehead atoms. The predicted molar refractivity (Wildman–Crippen MR) is 69.2 cm³/mol. The average molecular weight is 260 g/mol. The zero-order valence-corrected chi connectivity index (χ0v) is 11.3. The van der Waals surface area contributed by atoms with Crippen LogP contribution in [0.1, 0.15) is 23.6 Å². The van der Waals surface area contributed by atoms with Crippen LogP contribution in [0.4, 0.5) is 4.79 Å². The molecule has 19 heavy (non-hydrogen) atoms. The molecule has 1 aliphatic heterocycles. The van der Waals surface area contributed by atoms with Crippen molar-refractivity contribution in [3.8, 4) is 0 Å². The van der Waals surface area contributed by atoms with Crippen LogP contribution in [0, 0.1) is 13.8 Å². The van der Waals surface area contributed by atoms with E-state index in [1.807, 2.05) is 32.0 Å². The van der Waals surface area contributed by atoms with Crippen LogP contribution in [0.3, 0.4) is 0 Å². The first kappa shape index (κ1) is 13.3. The van der Waals surface area contributed by atoms with Crippen LogP contribution in [0.2, 0.25) is 0 Å². The maximum Gasteiger partial charge on any atom is 0.334 e. The highest BCUT2D eigenvalue weighted by atomic mass is 16.2. The first-order valence-electron chi connectivity index (χ1n) is 6.19. The standard InChI is InChI=1S/C14H16N2O3/c1-4-15-12(17)13(18)16(14(15)19)8-11-7-9(2)5-6-10(11)3/h5-7H,4,8H2,1-3H3. The number of benzene rings is 1. The van der Waals surface area contributed by atoms with E-state index in [0.717, 1.165) is 26.5 Å². The van der Waals surface area contributed by atoms with E-state index in [9.17, 15) is 14.4 Å². The quantitative estimate of drug-likeness (QED) is 0.613. The fourth-order valence-electron chi connectivity index (χ4n) is 2.11. The number of rotatable bonds is 3. The summed E-state index contributed by atoms with van der Waals surface area (Å²) in [6.45, 7) is 5.89. The largest absolute Gasteiger partial charge is 0.334 e. The topological polar surface area (TPSA) is 57.7 Å². The highest BCUT2D eigenvalue weighted by molar-refractivity contribution is 6.44. The molecule has 0 spiro atoms. The van der Waals surface area contributed by atoms with Crippen molar-refractivity contribution in [2.45, 2.75) is 27.3 Å². The van der Waals surface area contributed by atoms with Crippen LogP contribution >= 0.6 is 0 Å². The van der Waals surface area contributed by atoms with Crippen molar-refractivity contribution in [1.29, 1.82) is 0 Å². The summed E-state index contributed by atoms with van der Waals surface area (Å²) in [5.74, 6) is -1.48. The Kier molecular flexibility index (Phi) is 3.38. The normalized spacial score (nSPS) is 15.6. The number of carbonyl (C=O) groups excluding carboxylic acids is 3. The summed E-state index contributed by atoms with van der Waals surface area (Å²) < 4.78 is 0. The minimum absolute atomic E-state index is 0.146. The van der Waals surface area contributed by atoms with Gasteiger partial charge in [-0.1, -0.05) is 23.8 Å². The molecule has 1 aromatic rings. The van der Waals surface area contributed by atoms with Gasteiger partial charge in [-0.05, 0) is 31.9 Å². The Balaban J connectivity index is 2.28. The molecule has 5 heteroatoms. The van der Waals surface area contributed by atoms with Gasteiger partial charge in [0.15, 0.2) is 0 Å². The van der Waals surface area contributed by atoms with Crippen molar-refractivity contribution in [3.63, 3.8) is 0 Å². The molecule has 4 amide bonds. The molecule has 1 aliphatic rings. The molecule has 1 fully saturated rings. The fraction of sp³-hybridized carbons (Fsp3) is 0.357. The first-order chi connectivity index (χ1) is 8.95. The van der Waals surface area contributed by atoms with Crippen molar-refractivity contribution in [2.24, 2.45) is 0 Å². The molecular weight excluding hydrogens is 244 g/mol. The monoisotopic (exact) mass is 260 g/mol. The van der Waals surface area contributed by atoms with Crippen molar-refractivity contribution in [2.75, 3.05) is 6.54 Å². The second-order valence-electron chi connectivity index (χ2n) is 4.65. The Labute approximate surface area is 111 Å². The van der Waals surface area contributed by atoms with E-state index in [4.69, 9.17) is 0 Å². The third-order valence-corrected chi connectivity index (χ3v) is 3.28. The number of urea groups is 1. The number of hydrogen-bond donors (Lipinski definition) is 0.